The van der Waals surface area contributed by atoms with E-state index in [2.05, 4.69) is 15.1 Å². The van der Waals surface area contributed by atoms with E-state index >= 15 is 0 Å². The molecular formula is C33H41F3N6O4. The highest BCUT2D eigenvalue weighted by Crippen LogP contribution is 2.30. The molecule has 0 radical (unpaired) electrons. The number of amides is 2. The molecule has 2 aromatic carbocycles. The summed E-state index contributed by atoms with van der Waals surface area (Å²) in [5, 5.41) is 3.41. The number of benzene rings is 2. The molecule has 6 rings (SSSR count). The van der Waals surface area contributed by atoms with Crippen LogP contribution in [0.1, 0.15) is 42.9 Å². The smallest absolute Gasteiger partial charge is 0.406 e. The molecule has 3 aliphatic heterocycles. The Kier molecular flexibility index (Phi) is 9.53. The predicted octanol–water partition coefficient (Wildman–Crippen LogP) is 3.38. The Balaban J connectivity index is 1.22. The fourth-order valence-electron chi connectivity index (χ4n) is 7.01. The lowest BCUT2D eigenvalue weighted by Crippen LogP contribution is -2.48. The number of hydrogen-bond acceptors (Lipinski definition) is 7. The number of imide groups is 1. The Labute approximate surface area is 265 Å². The summed E-state index contributed by atoms with van der Waals surface area (Å²) in [6, 6.07) is 10.9. The highest BCUT2D eigenvalue weighted by Gasteiger charge is 2.39. The third-order valence-corrected chi connectivity index (χ3v) is 9.51. The van der Waals surface area contributed by atoms with E-state index in [0.717, 1.165) is 60.8 Å². The number of likely N-dealkylation sites (tertiary alicyclic amines) is 1. The van der Waals surface area contributed by atoms with Gasteiger partial charge in [0, 0.05) is 45.7 Å². The monoisotopic (exact) mass is 642 g/mol. The summed E-state index contributed by atoms with van der Waals surface area (Å²) < 4.78 is 48.3. The van der Waals surface area contributed by atoms with Crippen LogP contribution in [0.2, 0.25) is 0 Å². The molecule has 1 aromatic heterocycles. The van der Waals surface area contributed by atoms with Crippen molar-refractivity contribution in [3.05, 3.63) is 64.1 Å². The molecule has 1 atom stereocenters. The van der Waals surface area contributed by atoms with Crippen LogP contribution in [0.25, 0.3) is 11.0 Å². The topological polar surface area (TPSA) is 92.1 Å². The van der Waals surface area contributed by atoms with E-state index in [0.29, 0.717) is 28.3 Å². The van der Waals surface area contributed by atoms with Gasteiger partial charge < -0.3 is 15.0 Å². The molecule has 248 valence electrons. The van der Waals surface area contributed by atoms with E-state index in [1.165, 1.54) is 20.0 Å². The first-order chi connectivity index (χ1) is 22.1. The number of fused-ring (bicyclic) bond motifs is 1. The molecule has 0 bridgehead atoms. The Morgan fingerprint density at radius 3 is 2.20 bits per heavy atom. The number of nitrogens with zero attached hydrogens (tertiary/aromatic N) is 5. The number of halogens is 3. The van der Waals surface area contributed by atoms with Gasteiger partial charge in [0.2, 0.25) is 5.91 Å². The minimum absolute atomic E-state index is 0.00730. The van der Waals surface area contributed by atoms with Crippen LogP contribution in [0, 0.1) is 5.92 Å². The molecule has 10 nitrogen and oxygen atoms in total. The minimum Gasteiger partial charge on any atom is -0.497 e. The number of piperidine rings is 2. The normalized spacial score (nSPS) is 21.0. The lowest BCUT2D eigenvalue weighted by Gasteiger charge is -2.37. The van der Waals surface area contributed by atoms with Gasteiger partial charge >= 0.3 is 11.9 Å². The van der Waals surface area contributed by atoms with Crippen molar-refractivity contribution in [1.29, 1.82) is 0 Å². The summed E-state index contributed by atoms with van der Waals surface area (Å²) in [4.78, 5) is 46.1. The second-order valence-corrected chi connectivity index (χ2v) is 12.7. The van der Waals surface area contributed by atoms with Crippen molar-refractivity contribution in [3.63, 3.8) is 0 Å². The standard InChI is InChI=1S/C33H41F3N6O4/c1-46-26-5-2-23(3-6-26)21-40-30(43)9-8-28(31(40)44)42-27-7-4-25(18-29(27)41(32(42)45)22-33(34,35)36)20-39-16-14-38(15-17-39)19-24-10-12-37-13-11-24/h2-7,18,24,28,37H,8-17,19-22H2,1H3. The average molecular weight is 643 g/mol. The van der Waals surface area contributed by atoms with Crippen LogP contribution in [0.4, 0.5) is 13.2 Å². The first-order valence-electron chi connectivity index (χ1n) is 16.0. The van der Waals surface area contributed by atoms with E-state index in [4.69, 9.17) is 4.74 Å². The largest absolute Gasteiger partial charge is 0.497 e. The van der Waals surface area contributed by atoms with Crippen molar-refractivity contribution in [2.24, 2.45) is 5.92 Å². The van der Waals surface area contributed by atoms with Crippen LogP contribution in [-0.2, 0) is 29.2 Å². The molecule has 1 unspecified atom stereocenters. The number of imidazole rings is 1. The van der Waals surface area contributed by atoms with Crippen molar-refractivity contribution >= 4 is 22.8 Å². The number of rotatable bonds is 9. The van der Waals surface area contributed by atoms with E-state index in [1.807, 2.05) is 6.07 Å². The highest BCUT2D eigenvalue weighted by atomic mass is 19.4. The van der Waals surface area contributed by atoms with Crippen molar-refractivity contribution in [2.75, 3.05) is 52.9 Å². The second-order valence-electron chi connectivity index (χ2n) is 12.7. The lowest BCUT2D eigenvalue weighted by atomic mass is 9.97. The number of carbonyl (C=O) groups excluding carboxylic acids is 2. The maximum Gasteiger partial charge on any atom is 0.406 e. The molecule has 0 spiro atoms. The Morgan fingerprint density at radius 1 is 0.848 bits per heavy atom. The van der Waals surface area contributed by atoms with Gasteiger partial charge in [0.25, 0.3) is 5.91 Å². The van der Waals surface area contributed by atoms with E-state index in [1.54, 1.807) is 36.4 Å². The molecule has 3 aliphatic rings. The Morgan fingerprint density at radius 2 is 1.52 bits per heavy atom. The summed E-state index contributed by atoms with van der Waals surface area (Å²) in [7, 11) is 1.53. The second kappa shape index (κ2) is 13.6. The molecule has 3 saturated heterocycles. The number of hydrogen-bond donors (Lipinski definition) is 1. The van der Waals surface area contributed by atoms with Gasteiger partial charge in [-0.15, -0.1) is 0 Å². The van der Waals surface area contributed by atoms with Gasteiger partial charge in [-0.3, -0.25) is 28.5 Å². The van der Waals surface area contributed by atoms with Crippen molar-refractivity contribution in [3.8, 4) is 5.75 Å². The molecule has 1 N–H and O–H groups in total. The molecule has 3 aromatic rings. The summed E-state index contributed by atoms with van der Waals surface area (Å²) >= 11 is 0. The summed E-state index contributed by atoms with van der Waals surface area (Å²) in [5.41, 5.74) is 0.969. The van der Waals surface area contributed by atoms with Gasteiger partial charge in [-0.2, -0.15) is 13.2 Å². The molecule has 46 heavy (non-hydrogen) atoms. The number of piperazine rings is 1. The van der Waals surface area contributed by atoms with Gasteiger partial charge in [0.05, 0.1) is 24.7 Å². The third-order valence-electron chi connectivity index (χ3n) is 9.51. The lowest BCUT2D eigenvalue weighted by molar-refractivity contribution is -0.151. The zero-order valence-corrected chi connectivity index (χ0v) is 26.1. The first-order valence-corrected chi connectivity index (χ1v) is 16.0. The highest BCUT2D eigenvalue weighted by molar-refractivity contribution is 6.00. The van der Waals surface area contributed by atoms with Gasteiger partial charge in [-0.05, 0) is 73.7 Å². The number of alkyl halides is 3. The molecular weight excluding hydrogens is 601 g/mol. The Hall–Kier alpha value is -3.68. The molecule has 0 saturated carbocycles. The van der Waals surface area contributed by atoms with Crippen molar-refractivity contribution in [1.82, 2.24) is 29.2 Å². The predicted molar refractivity (Wildman–Crippen MR) is 166 cm³/mol. The van der Waals surface area contributed by atoms with Gasteiger partial charge in [-0.25, -0.2) is 4.79 Å². The Bertz CT molecular complexity index is 1600. The third kappa shape index (κ3) is 7.16. The maximum atomic E-state index is 13.8. The van der Waals surface area contributed by atoms with Crippen LogP contribution in [0.3, 0.4) is 0 Å². The van der Waals surface area contributed by atoms with Crippen LogP contribution >= 0.6 is 0 Å². The van der Waals surface area contributed by atoms with Crippen molar-refractivity contribution < 1.29 is 27.5 Å². The van der Waals surface area contributed by atoms with Crippen LogP contribution in [0.5, 0.6) is 5.75 Å². The van der Waals surface area contributed by atoms with E-state index in [-0.39, 0.29) is 36.3 Å². The van der Waals surface area contributed by atoms with Crippen LogP contribution in [0.15, 0.2) is 47.3 Å². The fraction of sp³-hybridized carbons (Fsp3) is 0.545. The summed E-state index contributed by atoms with van der Waals surface area (Å²) in [5.74, 6) is 0.346. The average Bonchev–Trinajstić information content (AvgIpc) is 3.30. The fourth-order valence-corrected chi connectivity index (χ4v) is 7.01. The maximum absolute atomic E-state index is 13.8. The number of nitrogens with one attached hydrogen (secondary N) is 1. The SMILES string of the molecule is COc1ccc(CN2C(=O)CCC(n3c(=O)n(CC(F)(F)F)c4cc(CN5CCN(CC6CCNCC6)CC5)ccc43)C2=O)cc1. The number of ether oxygens (including phenoxy) is 1. The zero-order chi connectivity index (χ0) is 32.4. The molecule has 2 amide bonds. The van der Waals surface area contributed by atoms with Gasteiger partial charge in [-0.1, -0.05) is 18.2 Å². The van der Waals surface area contributed by atoms with Crippen molar-refractivity contribution in [2.45, 2.75) is 57.5 Å². The quantitative estimate of drug-likeness (QED) is 0.358. The van der Waals surface area contributed by atoms with Gasteiger partial charge in [0.1, 0.15) is 18.3 Å². The minimum atomic E-state index is -4.64. The molecule has 4 heterocycles. The van der Waals surface area contributed by atoms with E-state index < -0.39 is 30.4 Å². The number of aromatic nitrogens is 2. The first kappa shape index (κ1) is 32.3. The number of methoxy groups -OCH3 is 1. The summed E-state index contributed by atoms with van der Waals surface area (Å²) in [6.45, 7) is 5.91. The number of carbonyl (C=O) groups is 2. The molecule has 0 aliphatic carbocycles. The zero-order valence-electron chi connectivity index (χ0n) is 26.1. The van der Waals surface area contributed by atoms with Crippen LogP contribution in [-0.4, -0.2) is 94.7 Å². The van der Waals surface area contributed by atoms with Crippen LogP contribution < -0.4 is 15.7 Å². The molecule has 13 heteroatoms. The molecule has 3 fully saturated rings. The van der Waals surface area contributed by atoms with Gasteiger partial charge in [0.15, 0.2) is 0 Å². The summed E-state index contributed by atoms with van der Waals surface area (Å²) in [6.07, 6.45) is -2.22. The van der Waals surface area contributed by atoms with E-state index in [9.17, 15) is 27.6 Å².